The van der Waals surface area contributed by atoms with Crippen LogP contribution < -0.4 is 37.8 Å². The smallest absolute Gasteiger partial charge is 0.316 e. The molecule has 0 radical (unpaired) electrons. The highest BCUT2D eigenvalue weighted by Crippen LogP contribution is 2.36. The monoisotopic (exact) mass is 1070 g/mol. The van der Waals surface area contributed by atoms with Crippen molar-refractivity contribution in [2.45, 2.75) is 40.5 Å². The molecule has 0 spiro atoms. The van der Waals surface area contributed by atoms with Crippen LogP contribution in [0.3, 0.4) is 0 Å². The molecule has 2 aromatic carbocycles. The predicted octanol–water partition coefficient (Wildman–Crippen LogP) is 6.24. The Morgan fingerprint density at radius 2 is 1.03 bits per heavy atom. The first kappa shape index (κ1) is 27.0. The summed E-state index contributed by atoms with van der Waals surface area (Å²) < 4.78 is 256. The molecule has 64 heavy (non-hydrogen) atoms. The van der Waals surface area contributed by atoms with Crippen LogP contribution in [0.15, 0.2) is 94.6 Å². The summed E-state index contributed by atoms with van der Waals surface area (Å²) in [6.45, 7) is -5.61. The fourth-order valence-corrected chi connectivity index (χ4v) is 6.11. The number of hydrogen-bond acceptors (Lipinski definition) is 16. The highest BCUT2D eigenvalue weighted by molar-refractivity contribution is 9.10. The second kappa shape index (κ2) is 24.4. The third kappa shape index (κ3) is 15.8. The third-order valence-electron chi connectivity index (χ3n) is 6.67. The van der Waals surface area contributed by atoms with Crippen LogP contribution in [0, 0.1) is 13.8 Å². The van der Waals surface area contributed by atoms with Gasteiger partial charge in [0.2, 0.25) is 11.8 Å². The number of aromatic nitrogens is 8. The summed E-state index contributed by atoms with van der Waals surface area (Å²) in [6, 6.07) is -6.44. The van der Waals surface area contributed by atoms with Gasteiger partial charge in [-0.15, -0.1) is 0 Å². The van der Waals surface area contributed by atoms with Crippen molar-refractivity contribution in [3.05, 3.63) is 106 Å². The lowest BCUT2D eigenvalue weighted by molar-refractivity contribution is 0.202. The highest BCUT2D eigenvalue weighted by atomic mass is 79.9. The lowest BCUT2D eigenvalue weighted by Gasteiger charge is -2.15. The zero-order valence-corrected chi connectivity index (χ0v) is 38.0. The molecule has 4 heterocycles. The highest BCUT2D eigenvalue weighted by Gasteiger charge is 2.21. The molecular formula is C40H46Br2N12O8S2. The molecule has 6 rings (SSSR count). The van der Waals surface area contributed by atoms with Crippen LogP contribution >= 0.6 is 31.9 Å². The summed E-state index contributed by atoms with van der Waals surface area (Å²) in [5.74, 6) is -3.26. The van der Waals surface area contributed by atoms with Gasteiger partial charge in [0.1, 0.15) is 41.7 Å². The van der Waals surface area contributed by atoms with Crippen LogP contribution in [0.4, 0.5) is 11.6 Å². The summed E-state index contributed by atoms with van der Waals surface area (Å²) in [6.07, 6.45) is -5.57. The molecular weight excluding hydrogens is 1000 g/mol. The van der Waals surface area contributed by atoms with E-state index in [1.54, 1.807) is 11.6 Å². The van der Waals surface area contributed by atoms with Gasteiger partial charge in [0.25, 0.3) is 20.4 Å². The number of rotatable bonds is 22. The van der Waals surface area contributed by atoms with E-state index in [2.05, 4.69) is 81.2 Å². The molecule has 0 saturated heterocycles. The van der Waals surface area contributed by atoms with Crippen LogP contribution in [0.25, 0.3) is 22.3 Å². The number of benzene rings is 2. The summed E-state index contributed by atoms with van der Waals surface area (Å²) in [4.78, 5) is 29.5. The van der Waals surface area contributed by atoms with Crippen LogP contribution in [-0.4, -0.2) is 96.1 Å². The summed E-state index contributed by atoms with van der Waals surface area (Å²) in [5.41, 5.74) is -2.26. The van der Waals surface area contributed by atoms with E-state index in [0.29, 0.717) is 6.42 Å². The molecule has 0 saturated carbocycles. The van der Waals surface area contributed by atoms with Gasteiger partial charge in [-0.3, -0.25) is 9.44 Å². The molecule has 20 nitrogen and oxygen atoms in total. The molecule has 0 aliphatic carbocycles. The Labute approximate surface area is 419 Å². The lowest BCUT2D eigenvalue weighted by atomic mass is 10.1. The minimum Gasteiger partial charge on any atom is -0.473 e. The summed E-state index contributed by atoms with van der Waals surface area (Å²) in [7, 11) is -9.45. The van der Waals surface area contributed by atoms with Crippen LogP contribution in [-0.2, 0) is 20.4 Å². The van der Waals surface area contributed by atoms with E-state index in [9.17, 15) is 16.8 Å². The van der Waals surface area contributed by atoms with Crippen molar-refractivity contribution in [2.75, 3.05) is 48.8 Å². The Hall–Kier alpha value is -5.66. The number of halogens is 2. The first-order valence-corrected chi connectivity index (χ1v) is 22.1. The van der Waals surface area contributed by atoms with E-state index in [1.165, 1.54) is 18.6 Å². The predicted molar refractivity (Wildman–Crippen MR) is 248 cm³/mol. The fourth-order valence-electron chi connectivity index (χ4n) is 4.08. The van der Waals surface area contributed by atoms with Gasteiger partial charge in [-0.1, -0.05) is 69.9 Å². The van der Waals surface area contributed by atoms with Gasteiger partial charge in [0.15, 0.2) is 11.6 Å². The van der Waals surface area contributed by atoms with Crippen molar-refractivity contribution >= 4 is 63.9 Å². The van der Waals surface area contributed by atoms with Crippen molar-refractivity contribution in [2.24, 2.45) is 0 Å². The van der Waals surface area contributed by atoms with Crippen molar-refractivity contribution < 1.29 is 65.9 Å². The van der Waals surface area contributed by atoms with Gasteiger partial charge in [-0.05, 0) is 73.1 Å². The third-order valence-corrected chi connectivity index (χ3v) is 9.34. The Kier molecular flexibility index (Phi) is 10.3. The SMILES string of the molecule is [2H]c1nc(NS(=O)(=O)NC([2H])([2H])C([2H])([2H])C)c(-c2c([2H])c([2H])c(Br)c([2H])c2[2H])c(OC([2H])([2H])COc2nc([2H])c(C)c([2H])n2)n1.[2H]c1nc(NS(=O)(=O)NCCC)c(-c2c([2H])c([2H])c(Br)c([2H])c2[2H])c(OCC([2H])([2H])Oc2nc([2H])c(C)c([2H])n2)n1. The molecule has 0 amide bonds. The molecule has 0 unspecified atom stereocenters. The van der Waals surface area contributed by atoms with Crippen LogP contribution in [0.5, 0.6) is 23.8 Å². The minimum absolute atomic E-state index is 0.0327. The minimum atomic E-state index is -5.14. The molecule has 0 bridgehead atoms. The van der Waals surface area contributed by atoms with Crippen molar-refractivity contribution in [3.8, 4) is 46.0 Å². The summed E-state index contributed by atoms with van der Waals surface area (Å²) in [5, 5.41) is 0. The second-order valence-corrected chi connectivity index (χ2v) is 15.9. The zero-order valence-electron chi connectivity index (χ0n) is 55.2. The number of nitrogens with zero attached hydrogens (tertiary/aromatic N) is 8. The van der Waals surface area contributed by atoms with Gasteiger partial charge >= 0.3 is 12.0 Å². The average molecular weight is 1070 g/mol. The quantitative estimate of drug-likeness (QED) is 0.0587. The van der Waals surface area contributed by atoms with Crippen LogP contribution in [0.1, 0.15) is 67.9 Å². The lowest BCUT2D eigenvalue weighted by Crippen LogP contribution is -2.31. The molecule has 0 atom stereocenters. The van der Waals surface area contributed by atoms with Crippen molar-refractivity contribution in [1.82, 2.24) is 49.3 Å². The van der Waals surface area contributed by atoms with E-state index in [0.717, 1.165) is 6.92 Å². The fraction of sp³-hybridized carbons (Fsp3) is 0.300. The van der Waals surface area contributed by atoms with Gasteiger partial charge < -0.3 is 18.9 Å². The van der Waals surface area contributed by atoms with Gasteiger partial charge in [-0.25, -0.2) is 39.9 Å². The number of nitrogens with one attached hydrogen (secondary N) is 4. The maximum atomic E-state index is 12.9. The number of hydrogen-bond donors (Lipinski definition) is 4. The molecule has 6 aromatic rings. The Morgan fingerprint density at radius 1 is 0.594 bits per heavy atom. The first-order valence-electron chi connectivity index (χ1n) is 28.5. The Bertz CT molecular complexity index is 3750. The van der Waals surface area contributed by atoms with E-state index in [1.807, 2.05) is 0 Å². The second-order valence-electron chi connectivity index (χ2n) is 11.4. The molecule has 4 N–H and O–H groups in total. The topological polar surface area (TPSA) is 256 Å². The average Bonchev–Trinajstić information content (AvgIpc) is 0.819. The normalized spacial score (nSPS) is 17.0. The summed E-state index contributed by atoms with van der Waals surface area (Å²) >= 11 is 5.90. The molecule has 0 fully saturated rings. The van der Waals surface area contributed by atoms with E-state index < -0.39 is 178 Å². The molecule has 4 aromatic heterocycles. The molecule has 340 valence electrons. The van der Waals surface area contributed by atoms with Gasteiger partial charge in [0.05, 0.1) is 33.1 Å². The maximum absolute atomic E-state index is 12.9. The molecule has 0 aliphatic rings. The van der Waals surface area contributed by atoms with Gasteiger partial charge in [-0.2, -0.15) is 26.3 Å². The molecule has 0 aliphatic heterocycles. The number of anilines is 2. The van der Waals surface area contributed by atoms with Crippen molar-refractivity contribution in [1.29, 1.82) is 0 Å². The standard InChI is InChI=1S/2C20H23BrN6O4S/c2*1-3-8-26-32(28,29)27-18-17(15-4-6-16(21)7-5-15)19(25-13-24-18)30-9-10-31-20-22-11-14(2)12-23-20/h2*4-7,11-13,26H,3,8-10H2,1-2H3,(H,24,25,27)/i3D2,4D,5D,6D,7D,8D2,9D2,11D,12D,13D;4D,5D,6D,7D,10D2,11D,12D,13D. The largest absolute Gasteiger partial charge is 0.473 e. The Morgan fingerprint density at radius 3 is 1.52 bits per heavy atom. The van der Waals surface area contributed by atoms with E-state index in [-0.39, 0.29) is 51.3 Å². The van der Waals surface area contributed by atoms with E-state index in [4.69, 9.17) is 49.1 Å². The molecule has 24 heteroatoms. The van der Waals surface area contributed by atoms with Crippen LogP contribution in [0.2, 0.25) is 0 Å². The maximum Gasteiger partial charge on any atom is 0.316 e. The number of ether oxygens (including phenoxy) is 4. The zero-order chi connectivity index (χ0) is 65.3. The van der Waals surface area contributed by atoms with Crippen molar-refractivity contribution in [3.63, 3.8) is 0 Å². The van der Waals surface area contributed by atoms with Gasteiger partial charge in [0, 0.05) is 52.2 Å². The van der Waals surface area contributed by atoms with E-state index >= 15 is 0 Å². The Balaban J connectivity index is 0.000000315. The first-order chi connectivity index (χ1) is 39.3.